The molecule has 0 spiro atoms. The lowest BCUT2D eigenvalue weighted by Crippen LogP contribution is -2.54. The molecule has 2 atom stereocenters. The van der Waals surface area contributed by atoms with Crippen LogP contribution in [0.3, 0.4) is 0 Å². The van der Waals surface area contributed by atoms with Crippen LogP contribution in [-0.4, -0.2) is 25.2 Å². The van der Waals surface area contributed by atoms with Gasteiger partial charge in [-0.3, -0.25) is 0 Å². The van der Waals surface area contributed by atoms with E-state index in [2.05, 4.69) is 5.32 Å². The maximum Gasteiger partial charge on any atom is 0.416 e. The zero-order valence-corrected chi connectivity index (χ0v) is 11.4. The van der Waals surface area contributed by atoms with E-state index in [1.165, 1.54) is 12.1 Å². The maximum atomic E-state index is 12.8. The zero-order chi connectivity index (χ0) is 14.2. The van der Waals surface area contributed by atoms with Crippen LogP contribution < -0.4 is 10.2 Å². The second kappa shape index (κ2) is 5.04. The Morgan fingerprint density at radius 3 is 2.21 bits per heavy atom. The van der Waals surface area contributed by atoms with Gasteiger partial charge in [0.25, 0.3) is 0 Å². The molecular weight excluding hydrogens is 253 g/mol. The van der Waals surface area contributed by atoms with Crippen molar-refractivity contribution in [2.75, 3.05) is 18.0 Å². The lowest BCUT2D eigenvalue weighted by atomic mass is 10.1. The summed E-state index contributed by atoms with van der Waals surface area (Å²) in [6.45, 7) is 7.25. The molecule has 0 bridgehead atoms. The molecule has 0 aromatic heterocycles. The van der Waals surface area contributed by atoms with Gasteiger partial charge in [0.15, 0.2) is 0 Å². The van der Waals surface area contributed by atoms with Gasteiger partial charge in [0.05, 0.1) is 5.56 Å². The molecule has 0 saturated carbocycles. The Morgan fingerprint density at radius 1 is 1.11 bits per heavy atom. The van der Waals surface area contributed by atoms with E-state index >= 15 is 0 Å². The summed E-state index contributed by atoms with van der Waals surface area (Å²) in [6.07, 6.45) is -4.29. The molecule has 5 heteroatoms. The highest BCUT2D eigenvalue weighted by Crippen LogP contribution is 2.33. The average molecular weight is 272 g/mol. The Hall–Kier alpha value is -1.23. The largest absolute Gasteiger partial charge is 0.416 e. The number of rotatable bonds is 1. The van der Waals surface area contributed by atoms with Crippen LogP contribution in [0.2, 0.25) is 0 Å². The quantitative estimate of drug-likeness (QED) is 0.844. The lowest BCUT2D eigenvalue weighted by molar-refractivity contribution is -0.137. The van der Waals surface area contributed by atoms with Crippen molar-refractivity contribution >= 4 is 5.69 Å². The average Bonchev–Trinajstić information content (AvgIpc) is 2.25. The van der Waals surface area contributed by atoms with Crippen molar-refractivity contribution in [3.8, 4) is 0 Å². The molecule has 2 unspecified atom stereocenters. The highest BCUT2D eigenvalue weighted by molar-refractivity contribution is 5.52. The summed E-state index contributed by atoms with van der Waals surface area (Å²) in [4.78, 5) is 2.02. The van der Waals surface area contributed by atoms with Gasteiger partial charge in [-0.25, -0.2) is 0 Å². The minimum absolute atomic E-state index is 0.276. The highest BCUT2D eigenvalue weighted by atomic mass is 19.4. The molecule has 1 fully saturated rings. The molecule has 1 N–H and O–H groups in total. The molecule has 1 aromatic rings. The van der Waals surface area contributed by atoms with Gasteiger partial charge in [0.1, 0.15) is 0 Å². The predicted molar refractivity (Wildman–Crippen MR) is 70.5 cm³/mol. The van der Waals surface area contributed by atoms with E-state index in [0.717, 1.165) is 13.1 Å². The first kappa shape index (κ1) is 14.2. The van der Waals surface area contributed by atoms with Crippen molar-refractivity contribution in [1.29, 1.82) is 0 Å². The lowest BCUT2D eigenvalue weighted by Gasteiger charge is -2.38. The number of anilines is 1. The van der Waals surface area contributed by atoms with Crippen LogP contribution in [-0.2, 0) is 6.18 Å². The number of nitrogens with one attached hydrogen (secondary N) is 1. The van der Waals surface area contributed by atoms with Gasteiger partial charge >= 0.3 is 6.18 Å². The molecule has 0 amide bonds. The van der Waals surface area contributed by atoms with Crippen molar-refractivity contribution in [2.24, 2.45) is 0 Å². The number of nitrogens with zero attached hydrogens (tertiary/aromatic N) is 1. The van der Waals surface area contributed by atoms with E-state index in [-0.39, 0.29) is 12.1 Å². The number of halogens is 3. The van der Waals surface area contributed by atoms with Crippen LogP contribution in [0.4, 0.5) is 18.9 Å². The third kappa shape index (κ3) is 3.41. The Balaban J connectivity index is 2.31. The van der Waals surface area contributed by atoms with Crippen molar-refractivity contribution < 1.29 is 13.2 Å². The van der Waals surface area contributed by atoms with Crippen LogP contribution in [0, 0.1) is 6.92 Å². The first-order chi connectivity index (χ1) is 8.75. The Kier molecular flexibility index (Phi) is 3.76. The molecule has 19 heavy (non-hydrogen) atoms. The summed E-state index contributed by atoms with van der Waals surface area (Å²) in [5.41, 5.74) is 0.734. The summed E-state index contributed by atoms with van der Waals surface area (Å²) >= 11 is 0. The molecule has 1 aromatic carbocycles. The predicted octanol–water partition coefficient (Wildman–Crippen LogP) is 3.20. The fourth-order valence-electron chi connectivity index (χ4n) is 2.65. The second-order valence-electron chi connectivity index (χ2n) is 5.43. The summed E-state index contributed by atoms with van der Waals surface area (Å²) in [6, 6.07) is 4.81. The van der Waals surface area contributed by atoms with Gasteiger partial charge in [-0.15, -0.1) is 0 Å². The van der Waals surface area contributed by atoms with Crippen LogP contribution in [0.5, 0.6) is 0 Å². The molecule has 0 aliphatic carbocycles. The van der Waals surface area contributed by atoms with Crippen molar-refractivity contribution in [3.63, 3.8) is 0 Å². The van der Waals surface area contributed by atoms with E-state index in [0.29, 0.717) is 11.3 Å². The van der Waals surface area contributed by atoms with E-state index < -0.39 is 11.7 Å². The van der Waals surface area contributed by atoms with E-state index in [1.807, 2.05) is 24.8 Å². The van der Waals surface area contributed by atoms with Gasteiger partial charge in [0.2, 0.25) is 0 Å². The monoisotopic (exact) mass is 272 g/mol. The van der Waals surface area contributed by atoms with E-state index in [9.17, 15) is 13.2 Å². The van der Waals surface area contributed by atoms with Crippen molar-refractivity contribution in [1.82, 2.24) is 5.32 Å². The third-order valence-electron chi connectivity index (χ3n) is 3.31. The fourth-order valence-corrected chi connectivity index (χ4v) is 2.65. The van der Waals surface area contributed by atoms with Crippen LogP contribution >= 0.6 is 0 Å². The summed E-state index contributed by atoms with van der Waals surface area (Å²) in [7, 11) is 0. The number of hydrogen-bond donors (Lipinski definition) is 1. The van der Waals surface area contributed by atoms with E-state index in [1.54, 1.807) is 6.92 Å². The molecule has 2 rings (SSSR count). The van der Waals surface area contributed by atoms with Crippen LogP contribution in [0.25, 0.3) is 0 Å². The fraction of sp³-hybridized carbons (Fsp3) is 0.571. The molecule has 1 aliphatic heterocycles. The summed E-state index contributed by atoms with van der Waals surface area (Å²) in [5, 5.41) is 3.37. The molecular formula is C14H19F3N2. The molecule has 1 saturated heterocycles. The summed E-state index contributed by atoms with van der Waals surface area (Å²) in [5.74, 6) is 0. The number of hydrogen-bond acceptors (Lipinski definition) is 2. The molecule has 0 radical (unpaired) electrons. The minimum atomic E-state index is -4.29. The topological polar surface area (TPSA) is 15.3 Å². The first-order valence-electron chi connectivity index (χ1n) is 6.45. The van der Waals surface area contributed by atoms with E-state index in [4.69, 9.17) is 0 Å². The number of alkyl halides is 3. The van der Waals surface area contributed by atoms with Gasteiger partial charge in [-0.05, 0) is 44.5 Å². The SMILES string of the molecule is Cc1cc(N2CC(C)NC(C)C2)cc(C(F)(F)F)c1. The highest BCUT2D eigenvalue weighted by Gasteiger charge is 2.32. The number of piperazine rings is 1. The Bertz CT molecular complexity index is 446. The third-order valence-corrected chi connectivity index (χ3v) is 3.31. The van der Waals surface area contributed by atoms with Gasteiger partial charge in [-0.1, -0.05) is 0 Å². The zero-order valence-electron chi connectivity index (χ0n) is 11.4. The smallest absolute Gasteiger partial charge is 0.368 e. The Labute approximate surface area is 111 Å². The van der Waals surface area contributed by atoms with Crippen LogP contribution in [0.15, 0.2) is 18.2 Å². The Morgan fingerprint density at radius 2 is 1.68 bits per heavy atom. The van der Waals surface area contributed by atoms with Gasteiger partial charge < -0.3 is 10.2 Å². The molecule has 2 nitrogen and oxygen atoms in total. The van der Waals surface area contributed by atoms with Crippen molar-refractivity contribution in [2.45, 2.75) is 39.0 Å². The normalized spacial score (nSPS) is 24.6. The first-order valence-corrected chi connectivity index (χ1v) is 6.45. The van der Waals surface area contributed by atoms with Crippen LogP contribution in [0.1, 0.15) is 25.0 Å². The number of aryl methyl sites for hydroxylation is 1. The summed E-state index contributed by atoms with van der Waals surface area (Å²) < 4.78 is 38.5. The molecule has 1 heterocycles. The van der Waals surface area contributed by atoms with Gasteiger partial charge in [0, 0.05) is 30.9 Å². The van der Waals surface area contributed by atoms with Gasteiger partial charge in [-0.2, -0.15) is 13.2 Å². The maximum absolute atomic E-state index is 12.8. The molecule has 1 aliphatic rings. The van der Waals surface area contributed by atoms with Crippen molar-refractivity contribution in [3.05, 3.63) is 29.3 Å². The standard InChI is InChI=1S/C14H19F3N2/c1-9-4-12(14(15,16)17)6-13(5-9)19-7-10(2)18-11(3)8-19/h4-6,10-11,18H,7-8H2,1-3H3. The second-order valence-corrected chi connectivity index (χ2v) is 5.43. The number of benzene rings is 1. The molecule has 106 valence electrons. The minimum Gasteiger partial charge on any atom is -0.368 e.